The Morgan fingerprint density at radius 2 is 2.19 bits per heavy atom. The molecule has 21 heavy (non-hydrogen) atoms. The average molecular weight is 303 g/mol. The minimum Gasteiger partial charge on any atom is -0.496 e. The van der Waals surface area contributed by atoms with Crippen LogP contribution in [0.25, 0.3) is 0 Å². The molecule has 0 saturated heterocycles. The van der Waals surface area contributed by atoms with Crippen molar-refractivity contribution in [3.05, 3.63) is 29.3 Å². The molecule has 118 valence electrons. The molecule has 0 radical (unpaired) electrons. The normalized spacial score (nSPS) is 12.2. The first kappa shape index (κ1) is 17.1. The van der Waals surface area contributed by atoms with E-state index in [1.54, 1.807) is 18.2 Å². The van der Waals surface area contributed by atoms with Gasteiger partial charge in [-0.3, -0.25) is 4.90 Å². The van der Waals surface area contributed by atoms with Crippen LogP contribution in [0.1, 0.15) is 11.1 Å². The van der Waals surface area contributed by atoms with Crippen molar-refractivity contribution in [2.24, 2.45) is 10.9 Å². The van der Waals surface area contributed by atoms with Crippen LogP contribution in [0.2, 0.25) is 0 Å². The van der Waals surface area contributed by atoms with E-state index in [-0.39, 0.29) is 25.5 Å². The topological polar surface area (TPSA) is 91.3 Å². The van der Waals surface area contributed by atoms with Gasteiger partial charge in [-0.05, 0) is 17.7 Å². The Balaban J connectivity index is 2.96. The lowest BCUT2D eigenvalue weighted by molar-refractivity contribution is 0.0746. The third-order valence-corrected chi connectivity index (χ3v) is 2.87. The summed E-state index contributed by atoms with van der Waals surface area (Å²) in [5, 5.41) is 20.6. The second-order valence-corrected chi connectivity index (χ2v) is 4.37. The third-order valence-electron chi connectivity index (χ3n) is 2.87. The molecule has 1 aromatic rings. The SMILES string of the molecule is COc1ccc(CN(CCO)CC(F)F)cc1/C(N)=N/O. The smallest absolute Gasteiger partial charge is 0.251 e. The second kappa shape index (κ2) is 8.38. The third kappa shape index (κ3) is 5.16. The number of nitrogens with zero attached hydrogens (tertiary/aromatic N) is 2. The minimum absolute atomic E-state index is 0.128. The fourth-order valence-corrected chi connectivity index (χ4v) is 1.94. The van der Waals surface area contributed by atoms with Crippen molar-refractivity contribution in [2.45, 2.75) is 13.0 Å². The van der Waals surface area contributed by atoms with Crippen LogP contribution in [0.15, 0.2) is 23.4 Å². The molecule has 8 heteroatoms. The van der Waals surface area contributed by atoms with E-state index < -0.39 is 13.0 Å². The first-order valence-corrected chi connectivity index (χ1v) is 6.28. The molecule has 0 spiro atoms. The summed E-state index contributed by atoms with van der Waals surface area (Å²) in [5.41, 5.74) is 6.62. The molecule has 0 bridgehead atoms. The zero-order chi connectivity index (χ0) is 15.8. The molecule has 0 saturated carbocycles. The maximum atomic E-state index is 12.5. The maximum absolute atomic E-state index is 12.5. The van der Waals surface area contributed by atoms with Crippen LogP contribution in [0.3, 0.4) is 0 Å². The van der Waals surface area contributed by atoms with Crippen molar-refractivity contribution in [3.8, 4) is 5.75 Å². The number of aliphatic hydroxyl groups is 1. The lowest BCUT2D eigenvalue weighted by Crippen LogP contribution is -2.31. The summed E-state index contributed by atoms with van der Waals surface area (Å²) in [7, 11) is 1.44. The van der Waals surface area contributed by atoms with Gasteiger partial charge in [0.25, 0.3) is 6.43 Å². The first-order valence-electron chi connectivity index (χ1n) is 6.28. The fraction of sp³-hybridized carbons (Fsp3) is 0.462. The molecular formula is C13H19F2N3O3. The highest BCUT2D eigenvalue weighted by molar-refractivity contribution is 5.99. The predicted molar refractivity (Wildman–Crippen MR) is 73.9 cm³/mol. The van der Waals surface area contributed by atoms with Crippen LogP contribution in [-0.4, -0.2) is 54.3 Å². The molecule has 4 N–H and O–H groups in total. The molecule has 0 aliphatic rings. The van der Waals surface area contributed by atoms with Crippen molar-refractivity contribution in [3.63, 3.8) is 0 Å². The zero-order valence-electron chi connectivity index (χ0n) is 11.7. The predicted octanol–water partition coefficient (Wildman–Crippen LogP) is 0.849. The number of hydrogen-bond donors (Lipinski definition) is 3. The van der Waals surface area contributed by atoms with E-state index in [1.165, 1.54) is 12.0 Å². The van der Waals surface area contributed by atoms with Crippen molar-refractivity contribution in [1.29, 1.82) is 0 Å². The highest BCUT2D eigenvalue weighted by Crippen LogP contribution is 2.20. The van der Waals surface area contributed by atoms with E-state index in [2.05, 4.69) is 5.16 Å². The molecule has 1 rings (SSSR count). The van der Waals surface area contributed by atoms with Crippen LogP contribution in [0.5, 0.6) is 5.75 Å². The van der Waals surface area contributed by atoms with Crippen LogP contribution >= 0.6 is 0 Å². The van der Waals surface area contributed by atoms with Gasteiger partial charge in [0.05, 0.1) is 25.8 Å². The zero-order valence-corrected chi connectivity index (χ0v) is 11.7. The number of rotatable bonds is 8. The van der Waals surface area contributed by atoms with Gasteiger partial charge in [0.15, 0.2) is 5.84 Å². The number of ether oxygens (including phenoxy) is 1. The summed E-state index contributed by atoms with van der Waals surface area (Å²) in [5.74, 6) is 0.285. The second-order valence-electron chi connectivity index (χ2n) is 4.37. The summed E-state index contributed by atoms with van der Waals surface area (Å²) in [6.07, 6.45) is -2.49. The van der Waals surface area contributed by atoms with Crippen LogP contribution < -0.4 is 10.5 Å². The van der Waals surface area contributed by atoms with Gasteiger partial charge in [-0.25, -0.2) is 8.78 Å². The molecule has 0 aromatic heterocycles. The quantitative estimate of drug-likeness (QED) is 0.287. The standard InChI is InChI=1S/C13H19F2N3O3/c1-21-11-3-2-9(6-10(11)13(16)17-20)7-18(4-5-19)8-12(14)15/h2-3,6,12,19-20H,4-5,7-8H2,1H3,(H2,16,17). The lowest BCUT2D eigenvalue weighted by atomic mass is 10.1. The van der Waals surface area contributed by atoms with Gasteiger partial charge in [-0.15, -0.1) is 0 Å². The highest BCUT2D eigenvalue weighted by Gasteiger charge is 2.14. The summed E-state index contributed by atoms with van der Waals surface area (Å²) >= 11 is 0. The number of methoxy groups -OCH3 is 1. The number of benzene rings is 1. The van der Waals surface area contributed by atoms with Gasteiger partial charge in [0, 0.05) is 13.1 Å². The van der Waals surface area contributed by atoms with E-state index in [9.17, 15) is 8.78 Å². The molecule has 0 aliphatic heterocycles. The Bertz CT molecular complexity index is 484. The number of hydrogen-bond acceptors (Lipinski definition) is 5. The van der Waals surface area contributed by atoms with E-state index in [4.69, 9.17) is 20.8 Å². The van der Waals surface area contributed by atoms with Crippen molar-refractivity contribution in [2.75, 3.05) is 26.8 Å². The van der Waals surface area contributed by atoms with Crippen LogP contribution in [-0.2, 0) is 6.54 Å². The lowest BCUT2D eigenvalue weighted by Gasteiger charge is -2.21. The molecule has 0 atom stereocenters. The molecule has 0 aliphatic carbocycles. The fourth-order valence-electron chi connectivity index (χ4n) is 1.94. The van der Waals surface area contributed by atoms with Gasteiger partial charge in [0.2, 0.25) is 0 Å². The summed E-state index contributed by atoms with van der Waals surface area (Å²) in [6, 6.07) is 4.91. The molecule has 6 nitrogen and oxygen atoms in total. The molecule has 0 heterocycles. The first-order chi connectivity index (χ1) is 10.0. The van der Waals surface area contributed by atoms with E-state index in [0.29, 0.717) is 16.9 Å². The van der Waals surface area contributed by atoms with Crippen LogP contribution in [0, 0.1) is 0 Å². The Labute approximate surface area is 121 Å². The van der Waals surface area contributed by atoms with Crippen molar-refractivity contribution >= 4 is 5.84 Å². The van der Waals surface area contributed by atoms with Gasteiger partial charge in [-0.1, -0.05) is 11.2 Å². The Hall–Kier alpha value is -1.93. The molecular weight excluding hydrogens is 284 g/mol. The largest absolute Gasteiger partial charge is 0.496 e. The highest BCUT2D eigenvalue weighted by atomic mass is 19.3. The van der Waals surface area contributed by atoms with Gasteiger partial charge in [0.1, 0.15) is 5.75 Å². The number of amidine groups is 1. The Morgan fingerprint density at radius 3 is 2.71 bits per heavy atom. The summed E-state index contributed by atoms with van der Waals surface area (Å²) < 4.78 is 30.0. The maximum Gasteiger partial charge on any atom is 0.251 e. The number of nitrogens with two attached hydrogens (primary N) is 1. The van der Waals surface area contributed by atoms with E-state index in [0.717, 1.165) is 0 Å². The summed E-state index contributed by atoms with van der Waals surface area (Å²) in [6.45, 7) is -0.308. The Morgan fingerprint density at radius 1 is 1.48 bits per heavy atom. The number of aliphatic hydroxyl groups excluding tert-OH is 1. The molecule has 0 fully saturated rings. The van der Waals surface area contributed by atoms with Crippen LogP contribution in [0.4, 0.5) is 8.78 Å². The van der Waals surface area contributed by atoms with Crippen molar-refractivity contribution in [1.82, 2.24) is 4.90 Å². The Kier molecular flexibility index (Phi) is 6.83. The number of halogens is 2. The number of oxime groups is 1. The minimum atomic E-state index is -2.49. The van der Waals surface area contributed by atoms with Gasteiger partial charge in [-0.2, -0.15) is 0 Å². The van der Waals surface area contributed by atoms with E-state index >= 15 is 0 Å². The molecule has 0 amide bonds. The molecule has 0 unspecified atom stereocenters. The molecule has 1 aromatic carbocycles. The van der Waals surface area contributed by atoms with Gasteiger partial charge >= 0.3 is 0 Å². The summed E-state index contributed by atoms with van der Waals surface area (Å²) in [4.78, 5) is 1.42. The number of alkyl halides is 2. The monoisotopic (exact) mass is 303 g/mol. The van der Waals surface area contributed by atoms with E-state index in [1.807, 2.05) is 0 Å². The van der Waals surface area contributed by atoms with Crippen molar-refractivity contribution < 1.29 is 23.8 Å². The average Bonchev–Trinajstić information content (AvgIpc) is 2.46. The van der Waals surface area contributed by atoms with Gasteiger partial charge < -0.3 is 20.8 Å².